The molecule has 1 aromatic carbocycles. The molecule has 1 amide bonds. The number of pyridine rings is 1. The molecule has 10 heteroatoms. The second-order valence-corrected chi connectivity index (χ2v) is 7.84. The number of hydrogen-bond donors (Lipinski definition) is 2. The molecule has 0 atom stereocenters. The van der Waals surface area contributed by atoms with E-state index in [4.69, 9.17) is 11.6 Å². The van der Waals surface area contributed by atoms with Crippen molar-refractivity contribution in [1.29, 1.82) is 0 Å². The number of nitrogens with one attached hydrogen (secondary N) is 1. The van der Waals surface area contributed by atoms with Gasteiger partial charge in [0.1, 0.15) is 4.90 Å². The van der Waals surface area contributed by atoms with Crippen molar-refractivity contribution in [3.8, 4) is 22.8 Å². The number of hydrogen-bond acceptors (Lipinski definition) is 6. The number of carbonyl (C=O) groups is 1. The molecule has 0 saturated carbocycles. The van der Waals surface area contributed by atoms with Gasteiger partial charge in [-0.3, -0.25) is 4.79 Å². The summed E-state index contributed by atoms with van der Waals surface area (Å²) in [6.45, 7) is 2.83. The van der Waals surface area contributed by atoms with Crippen molar-refractivity contribution in [1.82, 2.24) is 19.5 Å². The number of benzene rings is 1. The molecule has 0 radical (unpaired) electrons. The maximum atomic E-state index is 12.0. The highest BCUT2D eigenvalue weighted by Gasteiger charge is 2.20. The Kier molecular flexibility index (Phi) is 4.90. The van der Waals surface area contributed by atoms with Gasteiger partial charge >= 0.3 is 0 Å². The summed E-state index contributed by atoms with van der Waals surface area (Å²) in [6, 6.07) is 9.57. The zero-order valence-corrected chi connectivity index (χ0v) is 15.9. The van der Waals surface area contributed by atoms with Gasteiger partial charge in [0.25, 0.3) is 10.0 Å². The topological polar surface area (TPSA) is 114 Å². The van der Waals surface area contributed by atoms with Crippen molar-refractivity contribution in [2.45, 2.75) is 18.7 Å². The number of halogens is 1. The number of nitrogens with zero attached hydrogens (tertiary/aromatic N) is 3. The second kappa shape index (κ2) is 7.01. The number of carbonyl (C=O) groups excluding carboxylic acids is 1. The van der Waals surface area contributed by atoms with Crippen LogP contribution in [0, 0.1) is 6.92 Å². The van der Waals surface area contributed by atoms with E-state index in [9.17, 15) is 18.3 Å². The highest BCUT2D eigenvalue weighted by atomic mass is 35.5. The number of aryl methyl sites for hydroxylation is 1. The molecule has 140 valence electrons. The van der Waals surface area contributed by atoms with E-state index in [1.54, 1.807) is 31.2 Å². The SMILES string of the molecule is CC(=O)NS(=O)(=O)c1ccc(-n2nc(C)c(-c3ccc(Cl)cc3)c2O)nc1. The van der Waals surface area contributed by atoms with Gasteiger partial charge in [0.15, 0.2) is 5.82 Å². The van der Waals surface area contributed by atoms with Crippen LogP contribution < -0.4 is 4.72 Å². The van der Waals surface area contributed by atoms with E-state index in [0.717, 1.165) is 18.7 Å². The second-order valence-electron chi connectivity index (χ2n) is 5.72. The van der Waals surface area contributed by atoms with Crippen LogP contribution in [0.5, 0.6) is 5.88 Å². The van der Waals surface area contributed by atoms with Crippen LogP contribution in [0.3, 0.4) is 0 Å². The first-order valence-electron chi connectivity index (χ1n) is 7.73. The summed E-state index contributed by atoms with van der Waals surface area (Å²) in [7, 11) is -3.99. The van der Waals surface area contributed by atoms with E-state index in [1.807, 2.05) is 4.72 Å². The third kappa shape index (κ3) is 3.79. The molecular weight excluding hydrogens is 392 g/mol. The van der Waals surface area contributed by atoms with Gasteiger partial charge in [-0.2, -0.15) is 9.78 Å². The number of rotatable bonds is 4. The predicted molar refractivity (Wildman–Crippen MR) is 99.2 cm³/mol. The van der Waals surface area contributed by atoms with Crippen LogP contribution in [0.25, 0.3) is 16.9 Å². The molecular formula is C17H15ClN4O4S. The first-order valence-corrected chi connectivity index (χ1v) is 9.59. The van der Waals surface area contributed by atoms with Crippen molar-refractivity contribution < 1.29 is 18.3 Å². The number of aromatic hydroxyl groups is 1. The molecule has 0 fully saturated rings. The quantitative estimate of drug-likeness (QED) is 0.687. The number of aromatic nitrogens is 3. The Labute approximate surface area is 160 Å². The minimum Gasteiger partial charge on any atom is -0.493 e. The lowest BCUT2D eigenvalue weighted by atomic mass is 10.1. The monoisotopic (exact) mass is 406 g/mol. The van der Waals surface area contributed by atoms with Crippen molar-refractivity contribution in [2.24, 2.45) is 0 Å². The highest BCUT2D eigenvalue weighted by Crippen LogP contribution is 2.34. The number of sulfonamides is 1. The van der Waals surface area contributed by atoms with Crippen molar-refractivity contribution in [2.75, 3.05) is 0 Å². The Morgan fingerprint density at radius 2 is 1.85 bits per heavy atom. The van der Waals surface area contributed by atoms with Crippen LogP contribution in [0.1, 0.15) is 12.6 Å². The first-order chi connectivity index (χ1) is 12.7. The van der Waals surface area contributed by atoms with Crippen molar-refractivity contribution in [3.05, 3.63) is 53.3 Å². The lowest BCUT2D eigenvalue weighted by Gasteiger charge is -2.06. The molecule has 0 unspecified atom stereocenters. The fraction of sp³-hybridized carbons (Fsp3) is 0.118. The van der Waals surface area contributed by atoms with Crippen LogP contribution in [-0.2, 0) is 14.8 Å². The predicted octanol–water partition coefficient (Wildman–Crippen LogP) is 2.43. The Morgan fingerprint density at radius 3 is 2.41 bits per heavy atom. The van der Waals surface area contributed by atoms with Crippen LogP contribution in [-0.4, -0.2) is 34.2 Å². The molecule has 2 heterocycles. The molecule has 3 aromatic rings. The normalized spacial score (nSPS) is 11.4. The average molecular weight is 407 g/mol. The summed E-state index contributed by atoms with van der Waals surface area (Å²) in [4.78, 5) is 14.9. The molecule has 0 aliphatic heterocycles. The fourth-order valence-electron chi connectivity index (χ4n) is 2.53. The van der Waals surface area contributed by atoms with E-state index >= 15 is 0 Å². The van der Waals surface area contributed by atoms with Crippen LogP contribution in [0.2, 0.25) is 5.02 Å². The molecule has 2 N–H and O–H groups in total. The fourth-order valence-corrected chi connectivity index (χ4v) is 3.60. The summed E-state index contributed by atoms with van der Waals surface area (Å²) in [6.07, 6.45) is 1.08. The van der Waals surface area contributed by atoms with Crippen LogP contribution >= 0.6 is 11.6 Å². The molecule has 0 saturated heterocycles. The van der Waals surface area contributed by atoms with Gasteiger partial charge in [-0.15, -0.1) is 0 Å². The van der Waals surface area contributed by atoms with E-state index in [1.165, 1.54) is 16.8 Å². The Bertz CT molecular complexity index is 1110. The average Bonchev–Trinajstić information content (AvgIpc) is 2.89. The minimum atomic E-state index is -3.99. The molecule has 27 heavy (non-hydrogen) atoms. The Hall–Kier alpha value is -2.91. The van der Waals surface area contributed by atoms with Gasteiger partial charge in [-0.25, -0.2) is 18.1 Å². The van der Waals surface area contributed by atoms with E-state index in [-0.39, 0.29) is 16.6 Å². The molecule has 0 aliphatic carbocycles. The van der Waals surface area contributed by atoms with E-state index < -0.39 is 15.9 Å². The molecule has 8 nitrogen and oxygen atoms in total. The van der Waals surface area contributed by atoms with Crippen LogP contribution in [0.15, 0.2) is 47.5 Å². The minimum absolute atomic E-state index is 0.139. The van der Waals surface area contributed by atoms with Gasteiger partial charge in [0.05, 0.1) is 11.3 Å². The smallest absolute Gasteiger partial charge is 0.265 e. The van der Waals surface area contributed by atoms with E-state index in [2.05, 4.69) is 10.1 Å². The van der Waals surface area contributed by atoms with Gasteiger partial charge in [-0.1, -0.05) is 23.7 Å². The highest BCUT2D eigenvalue weighted by molar-refractivity contribution is 7.90. The molecule has 0 spiro atoms. The maximum Gasteiger partial charge on any atom is 0.265 e. The standard InChI is InChI=1S/C17H15ClN4O4S/c1-10-16(12-3-5-13(18)6-4-12)17(24)22(20-10)15-8-7-14(9-19-15)27(25,26)21-11(2)23/h3-9,24H,1-2H3,(H,21,23). The van der Waals surface area contributed by atoms with Gasteiger partial charge in [0, 0.05) is 18.1 Å². The Morgan fingerprint density at radius 1 is 1.19 bits per heavy atom. The van der Waals surface area contributed by atoms with Crippen LogP contribution in [0.4, 0.5) is 0 Å². The largest absolute Gasteiger partial charge is 0.493 e. The summed E-state index contributed by atoms with van der Waals surface area (Å²) in [5, 5.41) is 15.4. The summed E-state index contributed by atoms with van der Waals surface area (Å²) < 4.78 is 27.0. The third-order valence-electron chi connectivity index (χ3n) is 3.70. The molecule has 2 aromatic heterocycles. The molecule has 3 rings (SSSR count). The maximum absolute atomic E-state index is 12.0. The van der Waals surface area contributed by atoms with Crippen molar-refractivity contribution in [3.63, 3.8) is 0 Å². The molecule has 0 bridgehead atoms. The van der Waals surface area contributed by atoms with Crippen molar-refractivity contribution >= 4 is 27.5 Å². The third-order valence-corrected chi connectivity index (χ3v) is 5.37. The first kappa shape index (κ1) is 18.9. The summed E-state index contributed by atoms with van der Waals surface area (Å²) in [5.74, 6) is -0.621. The molecule has 0 aliphatic rings. The lowest BCUT2D eigenvalue weighted by molar-refractivity contribution is -0.117. The Balaban J connectivity index is 1.99. The van der Waals surface area contributed by atoms with Gasteiger partial charge < -0.3 is 5.11 Å². The van der Waals surface area contributed by atoms with E-state index in [0.29, 0.717) is 16.3 Å². The van der Waals surface area contributed by atoms with Gasteiger partial charge in [-0.05, 0) is 36.8 Å². The summed E-state index contributed by atoms with van der Waals surface area (Å²) >= 11 is 5.89. The summed E-state index contributed by atoms with van der Waals surface area (Å²) in [5.41, 5.74) is 1.81. The van der Waals surface area contributed by atoms with Gasteiger partial charge in [0.2, 0.25) is 11.8 Å². The number of amides is 1. The zero-order chi connectivity index (χ0) is 19.8. The zero-order valence-electron chi connectivity index (χ0n) is 14.3. The lowest BCUT2D eigenvalue weighted by Crippen LogP contribution is -2.28.